The van der Waals surface area contributed by atoms with E-state index in [1.54, 1.807) is 24.3 Å². The Morgan fingerprint density at radius 2 is 1.84 bits per heavy atom. The average molecular weight is 454 g/mol. The number of hydrogen-bond acceptors (Lipinski definition) is 5. The smallest absolute Gasteiger partial charge is 0.387 e. The van der Waals surface area contributed by atoms with E-state index in [0.717, 1.165) is 19.3 Å². The fraction of sp³-hybridized carbons (Fsp3) is 0.381. The zero-order valence-electron chi connectivity index (χ0n) is 17.0. The Hall–Kier alpha value is -2.72. The van der Waals surface area contributed by atoms with Gasteiger partial charge in [-0.05, 0) is 48.7 Å². The topological polar surface area (TPSA) is 84.9 Å². The number of carbonyl (C=O) groups is 1. The van der Waals surface area contributed by atoms with Crippen LogP contribution in [0.4, 0.5) is 8.78 Å². The van der Waals surface area contributed by atoms with Crippen LogP contribution in [0.3, 0.4) is 0 Å². The van der Waals surface area contributed by atoms with Gasteiger partial charge in [-0.2, -0.15) is 13.1 Å². The zero-order chi connectivity index (χ0) is 22.4. The highest BCUT2D eigenvalue weighted by Gasteiger charge is 2.26. The molecule has 0 aromatic heterocycles. The Morgan fingerprint density at radius 3 is 2.52 bits per heavy atom. The van der Waals surface area contributed by atoms with Crippen LogP contribution in [0.25, 0.3) is 0 Å². The van der Waals surface area contributed by atoms with Crippen molar-refractivity contribution in [2.75, 3.05) is 20.2 Å². The summed E-state index contributed by atoms with van der Waals surface area (Å²) >= 11 is 0. The van der Waals surface area contributed by atoms with Crippen molar-refractivity contribution in [2.24, 2.45) is 0 Å². The highest BCUT2D eigenvalue weighted by Crippen LogP contribution is 2.29. The van der Waals surface area contributed by atoms with Crippen LogP contribution in [-0.2, 0) is 16.6 Å². The minimum absolute atomic E-state index is 0.00238. The van der Waals surface area contributed by atoms with Crippen LogP contribution < -0.4 is 14.8 Å². The Bertz CT molecular complexity index is 1020. The predicted octanol–water partition coefficient (Wildman–Crippen LogP) is 3.40. The summed E-state index contributed by atoms with van der Waals surface area (Å²) in [5.41, 5.74) is 0.812. The first-order chi connectivity index (χ1) is 14.8. The van der Waals surface area contributed by atoms with Gasteiger partial charge < -0.3 is 14.8 Å². The number of alkyl halides is 2. The molecule has 0 atom stereocenters. The molecule has 2 aromatic rings. The van der Waals surface area contributed by atoms with E-state index in [4.69, 9.17) is 4.74 Å². The minimum atomic E-state index is -3.57. The highest BCUT2D eigenvalue weighted by atomic mass is 32.2. The van der Waals surface area contributed by atoms with Gasteiger partial charge in [0.15, 0.2) is 11.5 Å². The third-order valence-electron chi connectivity index (χ3n) is 4.95. The van der Waals surface area contributed by atoms with E-state index < -0.39 is 22.5 Å². The molecule has 10 heteroatoms. The van der Waals surface area contributed by atoms with Crippen LogP contribution >= 0.6 is 0 Å². The lowest BCUT2D eigenvalue weighted by Gasteiger charge is -2.26. The van der Waals surface area contributed by atoms with Crippen molar-refractivity contribution in [3.8, 4) is 11.5 Å². The number of nitrogens with one attached hydrogen (secondary N) is 1. The van der Waals surface area contributed by atoms with Gasteiger partial charge in [-0.3, -0.25) is 4.79 Å². The van der Waals surface area contributed by atoms with Gasteiger partial charge >= 0.3 is 6.61 Å². The molecule has 7 nitrogen and oxygen atoms in total. The van der Waals surface area contributed by atoms with E-state index in [0.29, 0.717) is 18.7 Å². The normalized spacial score (nSPS) is 15.0. The van der Waals surface area contributed by atoms with Crippen molar-refractivity contribution >= 4 is 15.9 Å². The summed E-state index contributed by atoms with van der Waals surface area (Å²) in [6, 6.07) is 10.3. The number of nitrogens with zero attached hydrogens (tertiary/aromatic N) is 1. The molecule has 31 heavy (non-hydrogen) atoms. The molecule has 168 valence electrons. The van der Waals surface area contributed by atoms with Crippen molar-refractivity contribution in [3.05, 3.63) is 53.6 Å². The number of methoxy groups -OCH3 is 1. The molecular formula is C21H24F2N2O5S. The minimum Gasteiger partial charge on any atom is -0.493 e. The quantitative estimate of drug-likeness (QED) is 0.661. The molecule has 1 aliphatic heterocycles. The molecule has 0 aliphatic carbocycles. The first-order valence-corrected chi connectivity index (χ1v) is 11.3. The fourth-order valence-corrected chi connectivity index (χ4v) is 4.94. The SMILES string of the molecule is COc1cc(C(=O)NCc2cccc(S(=O)(=O)N3CCCCC3)c2)ccc1OC(F)F. The maximum absolute atomic E-state index is 12.8. The monoisotopic (exact) mass is 454 g/mol. The number of ether oxygens (including phenoxy) is 2. The second kappa shape index (κ2) is 10.1. The molecule has 3 rings (SSSR count). The van der Waals surface area contributed by atoms with E-state index in [1.807, 2.05) is 0 Å². The predicted molar refractivity (Wildman–Crippen MR) is 110 cm³/mol. The number of halogens is 2. The van der Waals surface area contributed by atoms with E-state index in [1.165, 1.54) is 29.6 Å². The van der Waals surface area contributed by atoms with E-state index in [9.17, 15) is 22.0 Å². The van der Waals surface area contributed by atoms with Crippen LogP contribution in [0.15, 0.2) is 47.4 Å². The van der Waals surface area contributed by atoms with Gasteiger partial charge in [-0.1, -0.05) is 18.6 Å². The molecule has 0 spiro atoms. The molecule has 1 N–H and O–H groups in total. The molecule has 1 amide bonds. The standard InChI is InChI=1S/C21H24F2N2O5S/c1-29-19-13-16(8-9-18(19)30-21(22)23)20(26)24-14-15-6-5-7-17(12-15)31(27,28)25-10-3-2-4-11-25/h5-9,12-13,21H,2-4,10-11,14H2,1H3,(H,24,26). The second-order valence-electron chi connectivity index (χ2n) is 7.04. The first kappa shape index (κ1) is 23.0. The van der Waals surface area contributed by atoms with Crippen LogP contribution in [-0.4, -0.2) is 45.4 Å². The molecule has 0 bridgehead atoms. The van der Waals surface area contributed by atoms with Gasteiger partial charge in [-0.15, -0.1) is 0 Å². The number of rotatable bonds is 8. The van der Waals surface area contributed by atoms with Gasteiger partial charge in [0, 0.05) is 25.2 Å². The summed E-state index contributed by atoms with van der Waals surface area (Å²) in [5, 5.41) is 2.69. The summed E-state index contributed by atoms with van der Waals surface area (Å²) in [7, 11) is -2.29. The van der Waals surface area contributed by atoms with Crippen molar-refractivity contribution in [3.63, 3.8) is 0 Å². The van der Waals surface area contributed by atoms with Crippen molar-refractivity contribution in [1.29, 1.82) is 0 Å². The maximum Gasteiger partial charge on any atom is 0.387 e. The van der Waals surface area contributed by atoms with Gasteiger partial charge in [0.1, 0.15) is 0 Å². The summed E-state index contributed by atoms with van der Waals surface area (Å²) in [6.07, 6.45) is 2.72. The number of benzene rings is 2. The van der Waals surface area contributed by atoms with Crippen LogP contribution in [0, 0.1) is 0 Å². The molecule has 0 unspecified atom stereocenters. The molecule has 1 aliphatic rings. The van der Waals surface area contributed by atoms with Gasteiger partial charge in [0.25, 0.3) is 5.91 Å². The molecule has 1 saturated heterocycles. The first-order valence-electron chi connectivity index (χ1n) is 9.81. The lowest BCUT2D eigenvalue weighted by molar-refractivity contribution is -0.0512. The van der Waals surface area contributed by atoms with E-state index >= 15 is 0 Å². The van der Waals surface area contributed by atoms with E-state index in [-0.39, 0.29) is 28.5 Å². The largest absolute Gasteiger partial charge is 0.493 e. The number of carbonyl (C=O) groups excluding carboxylic acids is 1. The second-order valence-corrected chi connectivity index (χ2v) is 8.98. The molecule has 1 fully saturated rings. The molecule has 1 heterocycles. The molecular weight excluding hydrogens is 430 g/mol. The average Bonchev–Trinajstić information content (AvgIpc) is 2.78. The van der Waals surface area contributed by atoms with Crippen molar-refractivity contribution < 1.29 is 31.5 Å². The fourth-order valence-electron chi connectivity index (χ4n) is 3.36. The van der Waals surface area contributed by atoms with Gasteiger partial charge in [0.2, 0.25) is 10.0 Å². The van der Waals surface area contributed by atoms with Crippen molar-refractivity contribution in [1.82, 2.24) is 9.62 Å². The van der Waals surface area contributed by atoms with Gasteiger partial charge in [-0.25, -0.2) is 8.42 Å². The zero-order valence-corrected chi connectivity index (χ0v) is 17.8. The lowest BCUT2D eigenvalue weighted by atomic mass is 10.1. The Kier molecular flexibility index (Phi) is 7.45. The molecule has 0 radical (unpaired) electrons. The summed E-state index contributed by atoms with van der Waals surface area (Å²) in [4.78, 5) is 12.7. The highest BCUT2D eigenvalue weighted by molar-refractivity contribution is 7.89. The summed E-state index contributed by atoms with van der Waals surface area (Å²) in [6.45, 7) is -1.89. The van der Waals surface area contributed by atoms with Crippen LogP contribution in [0.2, 0.25) is 0 Å². The molecule has 2 aromatic carbocycles. The maximum atomic E-state index is 12.8. The number of sulfonamides is 1. The summed E-state index contributed by atoms with van der Waals surface area (Å²) < 4.78 is 61.4. The lowest BCUT2D eigenvalue weighted by Crippen LogP contribution is -2.35. The van der Waals surface area contributed by atoms with Crippen molar-refractivity contribution in [2.45, 2.75) is 37.3 Å². The van der Waals surface area contributed by atoms with Gasteiger partial charge in [0.05, 0.1) is 12.0 Å². The third-order valence-corrected chi connectivity index (χ3v) is 6.84. The Morgan fingerprint density at radius 1 is 1.10 bits per heavy atom. The Labute approximate surface area is 180 Å². The van der Waals surface area contributed by atoms with Crippen LogP contribution in [0.1, 0.15) is 35.2 Å². The van der Waals surface area contributed by atoms with E-state index in [2.05, 4.69) is 10.1 Å². The molecule has 0 saturated carbocycles. The number of amides is 1. The third kappa shape index (κ3) is 5.71. The summed E-state index contributed by atoms with van der Waals surface area (Å²) in [5.74, 6) is -0.640. The number of piperidine rings is 1. The Balaban J connectivity index is 1.69. The van der Waals surface area contributed by atoms with Crippen LogP contribution in [0.5, 0.6) is 11.5 Å². The number of hydrogen-bond donors (Lipinski definition) is 1.